The standard InChI is InChI=1S/C22H30N2O4S/c1-14(2)21-12-9-19(13-16(21)5)28-17(6)22(25)23-18-7-10-20(11-8-18)29(26,27)24-15(3)4/h7-15,17,24H,1-6H3,(H,23,25). The summed E-state index contributed by atoms with van der Waals surface area (Å²) in [5.74, 6) is 0.745. The van der Waals surface area contributed by atoms with Crippen LogP contribution in [0.3, 0.4) is 0 Å². The van der Waals surface area contributed by atoms with Crippen LogP contribution in [0.2, 0.25) is 0 Å². The van der Waals surface area contributed by atoms with Gasteiger partial charge < -0.3 is 10.1 Å². The average molecular weight is 419 g/mol. The van der Waals surface area contributed by atoms with Crippen LogP contribution >= 0.6 is 0 Å². The van der Waals surface area contributed by atoms with Crippen LogP contribution in [0.1, 0.15) is 51.7 Å². The number of anilines is 1. The van der Waals surface area contributed by atoms with E-state index in [4.69, 9.17) is 4.74 Å². The van der Waals surface area contributed by atoms with Gasteiger partial charge in [0.15, 0.2) is 6.10 Å². The minimum atomic E-state index is -3.56. The Morgan fingerprint density at radius 3 is 2.10 bits per heavy atom. The highest BCUT2D eigenvalue weighted by Crippen LogP contribution is 2.24. The maximum atomic E-state index is 12.4. The second-order valence-corrected chi connectivity index (χ2v) is 9.44. The predicted octanol–water partition coefficient (Wildman–Crippen LogP) is 4.21. The first kappa shape index (κ1) is 22.9. The van der Waals surface area contributed by atoms with E-state index in [-0.39, 0.29) is 16.8 Å². The van der Waals surface area contributed by atoms with Crippen LogP contribution in [0.15, 0.2) is 47.4 Å². The molecule has 1 unspecified atom stereocenters. The summed E-state index contributed by atoms with van der Waals surface area (Å²) in [6, 6.07) is 11.6. The van der Waals surface area contributed by atoms with Gasteiger partial charge in [0.2, 0.25) is 10.0 Å². The van der Waals surface area contributed by atoms with Crippen molar-refractivity contribution in [3.05, 3.63) is 53.6 Å². The fraction of sp³-hybridized carbons (Fsp3) is 0.409. The number of nitrogens with one attached hydrogen (secondary N) is 2. The number of amides is 1. The molecule has 0 aromatic heterocycles. The minimum absolute atomic E-state index is 0.147. The molecule has 0 aliphatic rings. The van der Waals surface area contributed by atoms with Crippen molar-refractivity contribution in [3.63, 3.8) is 0 Å². The zero-order valence-corrected chi connectivity index (χ0v) is 18.6. The van der Waals surface area contributed by atoms with E-state index in [2.05, 4.69) is 23.9 Å². The van der Waals surface area contributed by atoms with Crippen LogP contribution in [0.4, 0.5) is 5.69 Å². The first-order valence-corrected chi connectivity index (χ1v) is 11.2. The van der Waals surface area contributed by atoms with Crippen LogP contribution in [0, 0.1) is 6.92 Å². The van der Waals surface area contributed by atoms with Gasteiger partial charge in [0.25, 0.3) is 5.91 Å². The fourth-order valence-electron chi connectivity index (χ4n) is 2.97. The van der Waals surface area contributed by atoms with Gasteiger partial charge in [-0.2, -0.15) is 0 Å². The van der Waals surface area contributed by atoms with Gasteiger partial charge in [0, 0.05) is 11.7 Å². The monoisotopic (exact) mass is 418 g/mol. The van der Waals surface area contributed by atoms with Crippen LogP contribution in [-0.2, 0) is 14.8 Å². The maximum Gasteiger partial charge on any atom is 0.265 e. The van der Waals surface area contributed by atoms with Gasteiger partial charge in [-0.1, -0.05) is 19.9 Å². The number of aryl methyl sites for hydroxylation is 1. The van der Waals surface area contributed by atoms with Crippen LogP contribution < -0.4 is 14.8 Å². The molecule has 2 N–H and O–H groups in total. The Kier molecular flexibility index (Phi) is 7.43. The van der Waals surface area contributed by atoms with Gasteiger partial charge in [0.1, 0.15) is 5.75 Å². The third-order valence-corrected chi connectivity index (χ3v) is 6.04. The molecule has 0 aliphatic carbocycles. The van der Waals surface area contributed by atoms with Crippen molar-refractivity contribution >= 4 is 21.6 Å². The first-order valence-electron chi connectivity index (χ1n) is 9.70. The van der Waals surface area contributed by atoms with Crippen LogP contribution in [-0.4, -0.2) is 26.5 Å². The largest absolute Gasteiger partial charge is 0.481 e. The smallest absolute Gasteiger partial charge is 0.265 e. The lowest BCUT2D eigenvalue weighted by Gasteiger charge is -2.17. The molecule has 2 aromatic carbocycles. The van der Waals surface area contributed by atoms with E-state index in [0.29, 0.717) is 17.4 Å². The topological polar surface area (TPSA) is 84.5 Å². The highest BCUT2D eigenvalue weighted by molar-refractivity contribution is 7.89. The SMILES string of the molecule is Cc1cc(OC(C)C(=O)Nc2ccc(S(=O)(=O)NC(C)C)cc2)ccc1C(C)C. The molecule has 0 aliphatic heterocycles. The van der Waals surface area contributed by atoms with Crippen LogP contribution in [0.25, 0.3) is 0 Å². The Bertz CT molecular complexity index is 951. The van der Waals surface area contributed by atoms with Gasteiger partial charge >= 0.3 is 0 Å². The number of benzene rings is 2. The average Bonchev–Trinajstić information content (AvgIpc) is 2.60. The second kappa shape index (κ2) is 9.41. The zero-order valence-electron chi connectivity index (χ0n) is 17.8. The van der Waals surface area contributed by atoms with E-state index in [1.807, 2.05) is 25.1 Å². The van der Waals surface area contributed by atoms with Crippen molar-refractivity contribution in [2.75, 3.05) is 5.32 Å². The lowest BCUT2D eigenvalue weighted by atomic mass is 9.98. The summed E-state index contributed by atoms with van der Waals surface area (Å²) >= 11 is 0. The Morgan fingerprint density at radius 2 is 1.59 bits per heavy atom. The third kappa shape index (κ3) is 6.30. The van der Waals surface area contributed by atoms with Crippen molar-refractivity contribution in [1.82, 2.24) is 4.72 Å². The van der Waals surface area contributed by atoms with E-state index in [9.17, 15) is 13.2 Å². The molecule has 0 heterocycles. The molecular weight excluding hydrogens is 388 g/mol. The number of carbonyl (C=O) groups is 1. The molecule has 7 heteroatoms. The molecule has 0 fully saturated rings. The number of hydrogen-bond acceptors (Lipinski definition) is 4. The highest BCUT2D eigenvalue weighted by atomic mass is 32.2. The highest BCUT2D eigenvalue weighted by Gasteiger charge is 2.18. The van der Waals surface area contributed by atoms with Crippen molar-refractivity contribution in [2.45, 2.75) is 64.5 Å². The molecule has 6 nitrogen and oxygen atoms in total. The fourth-order valence-corrected chi connectivity index (χ4v) is 4.22. The molecule has 0 bridgehead atoms. The van der Waals surface area contributed by atoms with Gasteiger partial charge in [-0.3, -0.25) is 4.79 Å². The van der Waals surface area contributed by atoms with E-state index in [0.717, 1.165) is 5.56 Å². The molecule has 158 valence electrons. The summed E-state index contributed by atoms with van der Waals surface area (Å²) < 4.78 is 32.6. The lowest BCUT2D eigenvalue weighted by molar-refractivity contribution is -0.122. The third-order valence-electron chi connectivity index (χ3n) is 4.37. The summed E-state index contributed by atoms with van der Waals surface area (Å²) in [5, 5.41) is 2.75. The Balaban J connectivity index is 2.02. The molecule has 29 heavy (non-hydrogen) atoms. The summed E-state index contributed by atoms with van der Waals surface area (Å²) in [6.45, 7) is 11.5. The second-order valence-electron chi connectivity index (χ2n) is 7.72. The summed E-state index contributed by atoms with van der Waals surface area (Å²) in [6.07, 6.45) is -0.703. The quantitative estimate of drug-likeness (QED) is 0.672. The summed E-state index contributed by atoms with van der Waals surface area (Å²) in [7, 11) is -3.56. The number of carbonyl (C=O) groups excluding carboxylic acids is 1. The normalized spacial score (nSPS) is 12.8. The Labute approximate surface area is 173 Å². The Hall–Kier alpha value is -2.38. The molecule has 1 amide bonds. The Morgan fingerprint density at radius 1 is 0.966 bits per heavy atom. The number of hydrogen-bond donors (Lipinski definition) is 2. The van der Waals surface area contributed by atoms with Gasteiger partial charge in [-0.05, 0) is 81.1 Å². The summed E-state index contributed by atoms with van der Waals surface area (Å²) in [4.78, 5) is 12.6. The van der Waals surface area contributed by atoms with Crippen molar-refractivity contribution in [3.8, 4) is 5.75 Å². The van der Waals surface area contributed by atoms with Crippen molar-refractivity contribution < 1.29 is 17.9 Å². The lowest BCUT2D eigenvalue weighted by Crippen LogP contribution is -2.31. The van der Waals surface area contributed by atoms with Gasteiger partial charge in [-0.15, -0.1) is 0 Å². The molecular formula is C22H30N2O4S. The van der Waals surface area contributed by atoms with E-state index >= 15 is 0 Å². The van der Waals surface area contributed by atoms with Gasteiger partial charge in [0.05, 0.1) is 4.90 Å². The number of sulfonamides is 1. The molecule has 1 atom stereocenters. The van der Waals surface area contributed by atoms with E-state index in [1.54, 1.807) is 32.9 Å². The number of ether oxygens (including phenoxy) is 1. The number of rotatable bonds is 8. The molecule has 0 saturated heterocycles. The van der Waals surface area contributed by atoms with Gasteiger partial charge in [-0.25, -0.2) is 13.1 Å². The molecule has 0 spiro atoms. The maximum absolute atomic E-state index is 12.4. The minimum Gasteiger partial charge on any atom is -0.481 e. The molecule has 0 saturated carbocycles. The molecule has 2 aromatic rings. The predicted molar refractivity (Wildman–Crippen MR) is 116 cm³/mol. The zero-order chi connectivity index (χ0) is 21.8. The molecule has 2 rings (SSSR count). The van der Waals surface area contributed by atoms with E-state index < -0.39 is 16.1 Å². The first-order chi connectivity index (χ1) is 13.5. The van der Waals surface area contributed by atoms with Crippen molar-refractivity contribution in [2.24, 2.45) is 0 Å². The summed E-state index contributed by atoms with van der Waals surface area (Å²) in [5.41, 5.74) is 2.87. The van der Waals surface area contributed by atoms with E-state index in [1.165, 1.54) is 17.7 Å². The van der Waals surface area contributed by atoms with Crippen LogP contribution in [0.5, 0.6) is 5.75 Å². The molecule has 0 radical (unpaired) electrons. The van der Waals surface area contributed by atoms with Crippen molar-refractivity contribution in [1.29, 1.82) is 0 Å².